The number of carbonyl (C=O) groups excluding carboxylic acids is 2. The molecular weight excluding hydrogens is 427 g/mol. The van der Waals surface area contributed by atoms with Crippen LogP contribution in [0.25, 0.3) is 5.76 Å². The SMILES string of the molecule is COc1ccc([C@@H]2/C(=C(\O)c3ccc(F)cc3)C(=O)C(=O)N2CCCN2CCOCC2)cc1. The van der Waals surface area contributed by atoms with Crippen molar-refractivity contribution in [2.24, 2.45) is 0 Å². The second-order valence-electron chi connectivity index (χ2n) is 8.08. The van der Waals surface area contributed by atoms with Crippen molar-refractivity contribution >= 4 is 17.4 Å². The predicted molar refractivity (Wildman–Crippen MR) is 120 cm³/mol. The number of morpholine rings is 1. The molecule has 0 saturated carbocycles. The Kier molecular flexibility index (Phi) is 7.05. The molecule has 2 heterocycles. The number of aliphatic hydroxyl groups is 1. The molecular formula is C25H27FN2O5. The summed E-state index contributed by atoms with van der Waals surface area (Å²) in [6.45, 7) is 4.19. The number of halogens is 1. The number of amides is 1. The average Bonchev–Trinajstić information content (AvgIpc) is 3.10. The van der Waals surface area contributed by atoms with Crippen molar-refractivity contribution in [1.29, 1.82) is 0 Å². The number of ether oxygens (including phenoxy) is 2. The minimum Gasteiger partial charge on any atom is -0.507 e. The van der Waals surface area contributed by atoms with Crippen molar-refractivity contribution < 1.29 is 28.6 Å². The first kappa shape index (κ1) is 22.9. The summed E-state index contributed by atoms with van der Waals surface area (Å²) in [5, 5.41) is 11.0. The summed E-state index contributed by atoms with van der Waals surface area (Å²) in [5.41, 5.74) is 0.967. The smallest absolute Gasteiger partial charge is 0.295 e. The van der Waals surface area contributed by atoms with Crippen LogP contribution in [-0.2, 0) is 14.3 Å². The van der Waals surface area contributed by atoms with Crippen molar-refractivity contribution in [3.63, 3.8) is 0 Å². The highest BCUT2D eigenvalue weighted by Gasteiger charge is 2.45. The zero-order valence-corrected chi connectivity index (χ0v) is 18.5. The minimum absolute atomic E-state index is 0.00291. The first-order chi connectivity index (χ1) is 16.0. The van der Waals surface area contributed by atoms with Crippen LogP contribution >= 0.6 is 0 Å². The highest BCUT2D eigenvalue weighted by molar-refractivity contribution is 6.46. The third-order valence-electron chi connectivity index (χ3n) is 6.07. The van der Waals surface area contributed by atoms with Gasteiger partial charge in [-0.1, -0.05) is 12.1 Å². The number of benzene rings is 2. The summed E-state index contributed by atoms with van der Waals surface area (Å²) >= 11 is 0. The lowest BCUT2D eigenvalue weighted by atomic mass is 9.95. The summed E-state index contributed by atoms with van der Waals surface area (Å²) in [7, 11) is 1.56. The molecule has 0 aliphatic carbocycles. The van der Waals surface area contributed by atoms with Crippen LogP contribution in [0.5, 0.6) is 5.75 Å². The van der Waals surface area contributed by atoms with E-state index in [0.717, 1.165) is 19.6 Å². The van der Waals surface area contributed by atoms with Crippen LogP contribution in [0, 0.1) is 5.82 Å². The monoisotopic (exact) mass is 454 g/mol. The van der Waals surface area contributed by atoms with E-state index in [1.54, 1.807) is 31.4 Å². The number of methoxy groups -OCH3 is 1. The van der Waals surface area contributed by atoms with Gasteiger partial charge in [0.2, 0.25) is 0 Å². The third kappa shape index (κ3) is 4.91. The maximum absolute atomic E-state index is 13.4. The molecule has 1 amide bonds. The minimum atomic E-state index is -0.746. The molecule has 8 heteroatoms. The number of rotatable bonds is 7. The molecule has 2 aromatic carbocycles. The molecule has 174 valence electrons. The Bertz CT molecular complexity index is 1030. The number of carbonyl (C=O) groups is 2. The summed E-state index contributed by atoms with van der Waals surface area (Å²) in [5.74, 6) is -1.53. The van der Waals surface area contributed by atoms with E-state index in [1.807, 2.05) is 0 Å². The van der Waals surface area contributed by atoms with Gasteiger partial charge in [-0.15, -0.1) is 0 Å². The van der Waals surface area contributed by atoms with Gasteiger partial charge in [-0.25, -0.2) is 4.39 Å². The number of hydrogen-bond acceptors (Lipinski definition) is 6. The predicted octanol–water partition coefficient (Wildman–Crippen LogP) is 2.98. The molecule has 2 aliphatic rings. The fourth-order valence-corrected chi connectivity index (χ4v) is 4.30. The molecule has 2 fully saturated rings. The molecule has 0 radical (unpaired) electrons. The van der Waals surface area contributed by atoms with E-state index in [4.69, 9.17) is 9.47 Å². The van der Waals surface area contributed by atoms with Gasteiger partial charge in [0.15, 0.2) is 0 Å². The lowest BCUT2D eigenvalue weighted by molar-refractivity contribution is -0.140. The number of Topliss-reactive ketones (excluding diaryl/α,β-unsaturated/α-hetero) is 1. The molecule has 4 rings (SSSR count). The van der Waals surface area contributed by atoms with Crippen molar-refractivity contribution in [2.45, 2.75) is 12.5 Å². The van der Waals surface area contributed by atoms with Crippen LogP contribution in [0.1, 0.15) is 23.6 Å². The Balaban J connectivity index is 1.66. The first-order valence-electron chi connectivity index (χ1n) is 11.0. The molecule has 0 aromatic heterocycles. The maximum atomic E-state index is 13.4. The molecule has 1 N–H and O–H groups in total. The van der Waals surface area contributed by atoms with Gasteiger partial charge in [0, 0.05) is 31.7 Å². The number of nitrogens with zero attached hydrogens (tertiary/aromatic N) is 2. The van der Waals surface area contributed by atoms with Gasteiger partial charge in [0.1, 0.15) is 17.3 Å². The quantitative estimate of drug-likeness (QED) is 0.394. The van der Waals surface area contributed by atoms with Crippen LogP contribution in [0.15, 0.2) is 54.1 Å². The van der Waals surface area contributed by atoms with Crippen LogP contribution in [0.4, 0.5) is 4.39 Å². The van der Waals surface area contributed by atoms with Gasteiger partial charge in [-0.05, 0) is 48.4 Å². The van der Waals surface area contributed by atoms with Gasteiger partial charge < -0.3 is 19.5 Å². The highest BCUT2D eigenvalue weighted by Crippen LogP contribution is 2.39. The molecule has 0 bridgehead atoms. The zero-order valence-electron chi connectivity index (χ0n) is 18.5. The fraction of sp³-hybridized carbons (Fsp3) is 0.360. The van der Waals surface area contributed by atoms with Gasteiger partial charge in [0.25, 0.3) is 11.7 Å². The first-order valence-corrected chi connectivity index (χ1v) is 11.0. The van der Waals surface area contributed by atoms with Gasteiger partial charge in [-0.3, -0.25) is 14.5 Å². The van der Waals surface area contributed by atoms with Crippen molar-refractivity contribution in [1.82, 2.24) is 9.80 Å². The van der Waals surface area contributed by atoms with Crippen LogP contribution in [-0.4, -0.2) is 73.1 Å². The van der Waals surface area contributed by atoms with Gasteiger partial charge in [-0.2, -0.15) is 0 Å². The lowest BCUT2D eigenvalue weighted by Gasteiger charge is -2.29. The van der Waals surface area contributed by atoms with Crippen molar-refractivity contribution in [3.05, 3.63) is 71.0 Å². The van der Waals surface area contributed by atoms with E-state index in [1.165, 1.54) is 29.2 Å². The van der Waals surface area contributed by atoms with Crippen LogP contribution in [0.3, 0.4) is 0 Å². The zero-order chi connectivity index (χ0) is 23.4. The van der Waals surface area contributed by atoms with E-state index in [9.17, 15) is 19.1 Å². The Hall–Kier alpha value is -3.23. The topological polar surface area (TPSA) is 79.3 Å². The Morgan fingerprint density at radius 3 is 2.36 bits per heavy atom. The van der Waals surface area contributed by atoms with E-state index >= 15 is 0 Å². The van der Waals surface area contributed by atoms with E-state index in [2.05, 4.69) is 4.90 Å². The third-order valence-corrected chi connectivity index (χ3v) is 6.07. The second-order valence-corrected chi connectivity index (χ2v) is 8.08. The molecule has 7 nitrogen and oxygen atoms in total. The molecule has 33 heavy (non-hydrogen) atoms. The van der Waals surface area contributed by atoms with Gasteiger partial charge >= 0.3 is 0 Å². The molecule has 0 unspecified atom stereocenters. The lowest BCUT2D eigenvalue weighted by Crippen LogP contribution is -2.38. The molecule has 2 saturated heterocycles. The number of aliphatic hydroxyl groups excluding tert-OH is 1. The maximum Gasteiger partial charge on any atom is 0.295 e. The molecule has 2 aromatic rings. The van der Waals surface area contributed by atoms with Crippen molar-refractivity contribution in [2.75, 3.05) is 46.5 Å². The van der Waals surface area contributed by atoms with Crippen molar-refractivity contribution in [3.8, 4) is 5.75 Å². The largest absolute Gasteiger partial charge is 0.507 e. The van der Waals surface area contributed by atoms with Gasteiger partial charge in [0.05, 0.1) is 31.9 Å². The summed E-state index contributed by atoms with van der Waals surface area (Å²) in [6.07, 6.45) is 0.677. The van der Waals surface area contributed by atoms with E-state index < -0.39 is 23.5 Å². The fourth-order valence-electron chi connectivity index (χ4n) is 4.30. The summed E-state index contributed by atoms with van der Waals surface area (Å²) < 4.78 is 24.0. The van der Waals surface area contributed by atoms with E-state index in [0.29, 0.717) is 37.5 Å². The Morgan fingerprint density at radius 1 is 1.06 bits per heavy atom. The summed E-state index contributed by atoms with van der Waals surface area (Å²) in [6, 6.07) is 11.5. The van der Waals surface area contributed by atoms with Crippen LogP contribution in [0.2, 0.25) is 0 Å². The standard InChI is InChI=1S/C25H27FN2O5/c1-32-20-9-5-17(6-10-20)22-21(23(29)18-3-7-19(26)8-4-18)24(30)25(31)28(22)12-2-11-27-13-15-33-16-14-27/h3-10,22,29H,2,11-16H2,1H3/b23-21+/t22-/m1/s1. The Morgan fingerprint density at radius 2 is 1.73 bits per heavy atom. The average molecular weight is 454 g/mol. The second kappa shape index (κ2) is 10.1. The molecule has 1 atom stereocenters. The normalized spacial score (nSPS) is 20.9. The molecule has 0 spiro atoms. The Labute approximate surface area is 192 Å². The van der Waals surface area contributed by atoms with E-state index in [-0.39, 0.29) is 16.9 Å². The number of hydrogen-bond donors (Lipinski definition) is 1. The molecule has 2 aliphatic heterocycles. The summed E-state index contributed by atoms with van der Waals surface area (Å²) in [4.78, 5) is 29.8. The highest BCUT2D eigenvalue weighted by atomic mass is 19.1. The number of likely N-dealkylation sites (tertiary alicyclic amines) is 1. The number of ketones is 1. The van der Waals surface area contributed by atoms with Crippen LogP contribution < -0.4 is 4.74 Å².